The van der Waals surface area contributed by atoms with Crippen LogP contribution in [0.2, 0.25) is 5.15 Å². The molecule has 0 radical (unpaired) electrons. The molecule has 0 saturated carbocycles. The van der Waals surface area contributed by atoms with E-state index in [-0.39, 0.29) is 16.6 Å². The van der Waals surface area contributed by atoms with Gasteiger partial charge < -0.3 is 5.11 Å². The average molecular weight is 292 g/mol. The molecule has 1 aromatic heterocycles. The molecule has 0 aliphatic heterocycles. The molecule has 0 saturated heterocycles. The van der Waals surface area contributed by atoms with Gasteiger partial charge in [0.1, 0.15) is 10.3 Å². The van der Waals surface area contributed by atoms with Crippen molar-refractivity contribution in [3.63, 3.8) is 0 Å². The van der Waals surface area contributed by atoms with Crippen molar-refractivity contribution in [3.05, 3.63) is 33.5 Å². The molecule has 1 heterocycles. The van der Waals surface area contributed by atoms with Crippen LogP contribution in [0.5, 0.6) is 0 Å². The van der Waals surface area contributed by atoms with Crippen LogP contribution in [0.4, 0.5) is 0 Å². The van der Waals surface area contributed by atoms with Gasteiger partial charge in [-0.25, -0.2) is 9.97 Å². The highest BCUT2D eigenvalue weighted by molar-refractivity contribution is 9.10. The molecule has 0 spiro atoms. The van der Waals surface area contributed by atoms with E-state index in [2.05, 4.69) is 25.9 Å². The molecule has 4 nitrogen and oxygen atoms in total. The Kier molecular flexibility index (Phi) is 4.23. The first-order valence-electron chi connectivity index (χ1n) is 4.16. The van der Waals surface area contributed by atoms with Crippen LogP contribution >= 0.6 is 27.5 Å². The van der Waals surface area contributed by atoms with Crippen LogP contribution in [0.1, 0.15) is 23.8 Å². The molecule has 0 amide bonds. The number of aliphatic hydroxyl groups excluding tert-OH is 1. The number of hydrogen-bond acceptors (Lipinski definition) is 4. The molecule has 0 aromatic carbocycles. The standard InChI is InChI=1S/C9H8BrClN2O2/c1-2-5(14)3-6(15)8-9(11)12-4-7(10)13-8/h3-4,14H,2H2,1H3/b5-3-. The number of rotatable bonds is 3. The highest BCUT2D eigenvalue weighted by Crippen LogP contribution is 2.15. The maximum atomic E-state index is 11.5. The molecule has 1 rings (SSSR count). The van der Waals surface area contributed by atoms with E-state index in [1.54, 1.807) is 6.92 Å². The molecule has 0 bridgehead atoms. The summed E-state index contributed by atoms with van der Waals surface area (Å²) in [7, 11) is 0. The molecule has 80 valence electrons. The molecule has 6 heteroatoms. The zero-order valence-electron chi connectivity index (χ0n) is 7.87. The summed E-state index contributed by atoms with van der Waals surface area (Å²) in [6.45, 7) is 1.73. The van der Waals surface area contributed by atoms with Crippen molar-refractivity contribution >= 4 is 33.3 Å². The predicted molar refractivity (Wildman–Crippen MR) is 60.1 cm³/mol. The van der Waals surface area contributed by atoms with Crippen molar-refractivity contribution in [2.75, 3.05) is 0 Å². The number of hydrogen-bond donors (Lipinski definition) is 1. The zero-order valence-corrected chi connectivity index (χ0v) is 10.2. The minimum absolute atomic E-state index is 0.0159. The largest absolute Gasteiger partial charge is 0.512 e. The number of halogens is 2. The molecule has 0 fully saturated rings. The van der Waals surface area contributed by atoms with Crippen LogP contribution in [0, 0.1) is 0 Å². The third-order valence-corrected chi connectivity index (χ3v) is 2.25. The van der Waals surface area contributed by atoms with E-state index in [4.69, 9.17) is 11.6 Å². The van der Waals surface area contributed by atoms with E-state index in [0.717, 1.165) is 6.08 Å². The minimum atomic E-state index is -0.465. The number of aromatic nitrogens is 2. The Morgan fingerprint density at radius 3 is 3.00 bits per heavy atom. The van der Waals surface area contributed by atoms with Gasteiger partial charge in [-0.2, -0.15) is 0 Å². The van der Waals surface area contributed by atoms with Crippen molar-refractivity contribution in [1.82, 2.24) is 9.97 Å². The van der Waals surface area contributed by atoms with Crippen LogP contribution in [0.15, 0.2) is 22.6 Å². The van der Waals surface area contributed by atoms with Crippen LogP contribution in [0.25, 0.3) is 0 Å². The zero-order chi connectivity index (χ0) is 11.4. The lowest BCUT2D eigenvalue weighted by Crippen LogP contribution is -2.03. The van der Waals surface area contributed by atoms with Crippen molar-refractivity contribution in [1.29, 1.82) is 0 Å². The summed E-state index contributed by atoms with van der Waals surface area (Å²) < 4.78 is 0.416. The first-order valence-corrected chi connectivity index (χ1v) is 5.33. The normalized spacial score (nSPS) is 11.5. The third-order valence-electron chi connectivity index (χ3n) is 1.59. The number of aliphatic hydroxyl groups is 1. The quantitative estimate of drug-likeness (QED) is 0.528. The second-order valence-electron chi connectivity index (χ2n) is 2.69. The Labute approximate surface area is 100 Å². The predicted octanol–water partition coefficient (Wildman–Crippen LogP) is 2.93. The summed E-state index contributed by atoms with van der Waals surface area (Å²) in [5.74, 6) is -0.481. The van der Waals surface area contributed by atoms with E-state index in [1.165, 1.54) is 6.20 Å². The summed E-state index contributed by atoms with van der Waals surface area (Å²) in [6, 6.07) is 0. The molecule has 15 heavy (non-hydrogen) atoms. The van der Waals surface area contributed by atoms with Gasteiger partial charge in [-0.1, -0.05) is 18.5 Å². The number of carbonyl (C=O) groups excluding carboxylic acids is 1. The summed E-state index contributed by atoms with van der Waals surface area (Å²) >= 11 is 8.77. The fourth-order valence-electron chi connectivity index (χ4n) is 0.831. The maximum absolute atomic E-state index is 11.5. The molecule has 0 aliphatic carbocycles. The Balaban J connectivity index is 3.06. The molecular weight excluding hydrogens is 283 g/mol. The fourth-order valence-corrected chi connectivity index (χ4v) is 1.30. The number of nitrogens with zero attached hydrogens (tertiary/aromatic N) is 2. The number of allylic oxidation sites excluding steroid dienone is 2. The van der Waals surface area contributed by atoms with Gasteiger partial charge >= 0.3 is 0 Å². The molecular formula is C9H8BrClN2O2. The lowest BCUT2D eigenvalue weighted by atomic mass is 10.2. The van der Waals surface area contributed by atoms with E-state index in [9.17, 15) is 9.90 Å². The smallest absolute Gasteiger partial charge is 0.210 e. The van der Waals surface area contributed by atoms with E-state index in [0.29, 0.717) is 11.0 Å². The first kappa shape index (κ1) is 12.1. The second-order valence-corrected chi connectivity index (χ2v) is 3.86. The van der Waals surface area contributed by atoms with Gasteiger partial charge in [0.15, 0.2) is 5.15 Å². The van der Waals surface area contributed by atoms with Crippen molar-refractivity contribution in [2.24, 2.45) is 0 Å². The summed E-state index contributed by atoms with van der Waals surface area (Å²) in [6.07, 6.45) is 2.86. The Morgan fingerprint density at radius 1 is 1.73 bits per heavy atom. The summed E-state index contributed by atoms with van der Waals surface area (Å²) in [5, 5.41) is 9.20. The maximum Gasteiger partial charge on any atom is 0.210 e. The molecule has 0 atom stereocenters. The first-order chi connectivity index (χ1) is 7.04. The van der Waals surface area contributed by atoms with E-state index < -0.39 is 5.78 Å². The topological polar surface area (TPSA) is 63.1 Å². The van der Waals surface area contributed by atoms with Crippen LogP contribution in [0.3, 0.4) is 0 Å². The van der Waals surface area contributed by atoms with Gasteiger partial charge in [0.2, 0.25) is 5.78 Å². The second kappa shape index (κ2) is 5.23. The van der Waals surface area contributed by atoms with Crippen LogP contribution in [-0.2, 0) is 0 Å². The van der Waals surface area contributed by atoms with Gasteiger partial charge in [-0.3, -0.25) is 4.79 Å². The Morgan fingerprint density at radius 2 is 2.40 bits per heavy atom. The fraction of sp³-hybridized carbons (Fsp3) is 0.222. The molecule has 0 aliphatic rings. The van der Waals surface area contributed by atoms with Gasteiger partial charge in [0, 0.05) is 12.5 Å². The van der Waals surface area contributed by atoms with Gasteiger partial charge in [-0.05, 0) is 15.9 Å². The Hall–Kier alpha value is -0.940. The SMILES string of the molecule is CC/C(O)=C/C(=O)c1nc(Br)cnc1Cl. The van der Waals surface area contributed by atoms with Gasteiger partial charge in [0.25, 0.3) is 0 Å². The van der Waals surface area contributed by atoms with Gasteiger partial charge in [0.05, 0.1) is 12.0 Å². The van der Waals surface area contributed by atoms with Crippen molar-refractivity contribution in [3.8, 4) is 0 Å². The molecule has 1 aromatic rings. The summed E-state index contributed by atoms with van der Waals surface area (Å²) in [5.41, 5.74) is 0.0195. The number of carbonyl (C=O) groups is 1. The van der Waals surface area contributed by atoms with E-state index in [1.807, 2.05) is 0 Å². The van der Waals surface area contributed by atoms with Crippen LogP contribution in [-0.4, -0.2) is 20.9 Å². The van der Waals surface area contributed by atoms with Gasteiger partial charge in [-0.15, -0.1) is 0 Å². The van der Waals surface area contributed by atoms with Crippen LogP contribution < -0.4 is 0 Å². The lowest BCUT2D eigenvalue weighted by Gasteiger charge is -1.99. The van der Waals surface area contributed by atoms with E-state index >= 15 is 0 Å². The van der Waals surface area contributed by atoms with Crippen molar-refractivity contribution in [2.45, 2.75) is 13.3 Å². The summed E-state index contributed by atoms with van der Waals surface area (Å²) in [4.78, 5) is 19.2. The monoisotopic (exact) mass is 290 g/mol. The lowest BCUT2D eigenvalue weighted by molar-refractivity contribution is 0.103. The minimum Gasteiger partial charge on any atom is -0.512 e. The highest BCUT2D eigenvalue weighted by atomic mass is 79.9. The van der Waals surface area contributed by atoms with Crippen molar-refractivity contribution < 1.29 is 9.90 Å². The number of ketones is 1. The molecule has 1 N–H and O–H groups in total. The highest BCUT2D eigenvalue weighted by Gasteiger charge is 2.12. The average Bonchev–Trinajstić information content (AvgIpc) is 2.21. The Bertz CT molecular complexity index is 421. The third kappa shape index (κ3) is 3.28. The molecule has 0 unspecified atom stereocenters.